The van der Waals surface area contributed by atoms with Crippen LogP contribution in [0.3, 0.4) is 0 Å². The van der Waals surface area contributed by atoms with E-state index < -0.39 is 16.4 Å². The first-order valence-corrected chi connectivity index (χ1v) is 6.37. The molecule has 0 saturated heterocycles. The number of anilines is 1. The Morgan fingerprint density at radius 3 is 2.75 bits per heavy atom. The fourth-order valence-electron chi connectivity index (χ4n) is 1.59. The Kier molecular flexibility index (Phi) is 6.05. The van der Waals surface area contributed by atoms with Gasteiger partial charge in [-0.1, -0.05) is 13.8 Å². The van der Waals surface area contributed by atoms with Gasteiger partial charge < -0.3 is 10.6 Å². The van der Waals surface area contributed by atoms with E-state index in [-0.39, 0.29) is 11.6 Å². The second-order valence-electron chi connectivity index (χ2n) is 4.68. The summed E-state index contributed by atoms with van der Waals surface area (Å²) >= 11 is 0. The van der Waals surface area contributed by atoms with Crippen molar-refractivity contribution in [1.29, 1.82) is 0 Å². The van der Waals surface area contributed by atoms with Gasteiger partial charge in [0.1, 0.15) is 0 Å². The zero-order valence-corrected chi connectivity index (χ0v) is 11.5. The molecule has 6 nitrogen and oxygen atoms in total. The maximum absolute atomic E-state index is 13.1. The maximum atomic E-state index is 13.1. The van der Waals surface area contributed by atoms with E-state index in [1.807, 2.05) is 13.8 Å². The average Bonchev–Trinajstić information content (AvgIpc) is 2.36. The number of nitro benzene ring substituents is 1. The Morgan fingerprint density at radius 1 is 1.45 bits per heavy atom. The lowest BCUT2D eigenvalue weighted by Crippen LogP contribution is -2.24. The molecule has 0 aliphatic carbocycles. The van der Waals surface area contributed by atoms with E-state index in [4.69, 9.17) is 0 Å². The maximum Gasteiger partial charge on any atom is 0.306 e. The van der Waals surface area contributed by atoms with E-state index in [2.05, 4.69) is 10.6 Å². The molecule has 0 atom stereocenters. The summed E-state index contributed by atoms with van der Waals surface area (Å²) in [5, 5.41) is 16.3. The van der Waals surface area contributed by atoms with E-state index in [0.29, 0.717) is 25.4 Å². The predicted octanol–water partition coefficient (Wildman–Crippen LogP) is 2.45. The van der Waals surface area contributed by atoms with Gasteiger partial charge in [-0.25, -0.2) is 0 Å². The predicted molar refractivity (Wildman–Crippen MR) is 74.1 cm³/mol. The Balaban J connectivity index is 2.50. The molecular formula is C13H18FN3O3. The number of amides is 1. The van der Waals surface area contributed by atoms with Crippen LogP contribution in [0.4, 0.5) is 15.8 Å². The molecular weight excluding hydrogens is 265 g/mol. The molecule has 0 radical (unpaired) electrons. The van der Waals surface area contributed by atoms with Gasteiger partial charge in [0.2, 0.25) is 11.7 Å². The van der Waals surface area contributed by atoms with Crippen molar-refractivity contribution >= 4 is 17.3 Å². The summed E-state index contributed by atoms with van der Waals surface area (Å²) in [5.41, 5.74) is -0.427. The lowest BCUT2D eigenvalue weighted by Gasteiger charge is -2.08. The van der Waals surface area contributed by atoms with Gasteiger partial charge in [-0.3, -0.25) is 14.9 Å². The molecule has 20 heavy (non-hydrogen) atoms. The Labute approximate surface area is 116 Å². The molecule has 0 aliphatic rings. The molecule has 1 aromatic rings. The molecule has 1 aromatic carbocycles. The van der Waals surface area contributed by atoms with Crippen LogP contribution in [0.25, 0.3) is 0 Å². The van der Waals surface area contributed by atoms with Gasteiger partial charge in [-0.2, -0.15) is 4.39 Å². The normalized spacial score (nSPS) is 10.6. The first kappa shape index (κ1) is 16.0. The molecule has 0 aliphatic heterocycles. The van der Waals surface area contributed by atoms with Crippen LogP contribution in [-0.4, -0.2) is 23.4 Å². The first-order chi connectivity index (χ1) is 9.40. The Morgan fingerprint density at radius 2 is 2.15 bits per heavy atom. The number of nitrogens with zero attached hydrogens (tertiary/aromatic N) is 1. The fraction of sp³-hybridized carbons (Fsp3) is 0.462. The standard InChI is InChI=1S/C13H18FN3O3/c1-9(2)15-7-3-4-13(18)16-10-5-6-11(14)12(8-10)17(19)20/h5-6,8-9,15H,3-4,7H2,1-2H3,(H,16,18). The molecule has 0 saturated carbocycles. The van der Waals surface area contributed by atoms with Gasteiger partial charge >= 0.3 is 5.69 Å². The van der Waals surface area contributed by atoms with E-state index >= 15 is 0 Å². The highest BCUT2D eigenvalue weighted by molar-refractivity contribution is 5.91. The first-order valence-electron chi connectivity index (χ1n) is 6.37. The van der Waals surface area contributed by atoms with Crippen LogP contribution >= 0.6 is 0 Å². The quantitative estimate of drug-likeness (QED) is 0.457. The molecule has 0 bridgehead atoms. The number of nitrogens with one attached hydrogen (secondary N) is 2. The van der Waals surface area contributed by atoms with Crippen molar-refractivity contribution in [3.8, 4) is 0 Å². The third-order valence-electron chi connectivity index (χ3n) is 2.56. The largest absolute Gasteiger partial charge is 0.326 e. The monoisotopic (exact) mass is 283 g/mol. The Bertz CT molecular complexity index is 492. The second kappa shape index (κ2) is 7.54. The summed E-state index contributed by atoms with van der Waals surface area (Å²) in [6, 6.07) is 3.64. The summed E-state index contributed by atoms with van der Waals surface area (Å²) in [6.45, 7) is 4.74. The van der Waals surface area contributed by atoms with E-state index in [1.165, 1.54) is 6.07 Å². The summed E-state index contributed by atoms with van der Waals surface area (Å²) in [4.78, 5) is 21.4. The minimum atomic E-state index is -0.922. The number of hydrogen-bond acceptors (Lipinski definition) is 4. The lowest BCUT2D eigenvalue weighted by molar-refractivity contribution is -0.387. The molecule has 0 unspecified atom stereocenters. The number of rotatable bonds is 7. The summed E-state index contributed by atoms with van der Waals surface area (Å²) in [5.74, 6) is -1.18. The van der Waals surface area contributed by atoms with Gasteiger partial charge in [-0.05, 0) is 25.1 Å². The number of benzene rings is 1. The van der Waals surface area contributed by atoms with Crippen LogP contribution in [0.5, 0.6) is 0 Å². The fourth-order valence-corrected chi connectivity index (χ4v) is 1.59. The highest BCUT2D eigenvalue weighted by Crippen LogP contribution is 2.21. The van der Waals surface area contributed by atoms with Crippen molar-refractivity contribution in [3.63, 3.8) is 0 Å². The van der Waals surface area contributed by atoms with Crippen molar-refractivity contribution in [2.75, 3.05) is 11.9 Å². The minimum absolute atomic E-state index is 0.222. The molecule has 1 amide bonds. The lowest BCUT2D eigenvalue weighted by atomic mass is 10.2. The van der Waals surface area contributed by atoms with Gasteiger partial charge in [0.15, 0.2) is 0 Å². The highest BCUT2D eigenvalue weighted by Gasteiger charge is 2.15. The van der Waals surface area contributed by atoms with Crippen molar-refractivity contribution in [3.05, 3.63) is 34.1 Å². The van der Waals surface area contributed by atoms with Crippen LogP contribution in [0.1, 0.15) is 26.7 Å². The van der Waals surface area contributed by atoms with E-state index in [1.54, 1.807) is 0 Å². The van der Waals surface area contributed by atoms with Crippen LogP contribution in [0, 0.1) is 15.9 Å². The van der Waals surface area contributed by atoms with Gasteiger partial charge in [-0.15, -0.1) is 0 Å². The SMILES string of the molecule is CC(C)NCCCC(=O)Nc1ccc(F)c([N+](=O)[O-])c1. The van der Waals surface area contributed by atoms with Crippen LogP contribution in [-0.2, 0) is 4.79 Å². The van der Waals surface area contributed by atoms with E-state index in [9.17, 15) is 19.3 Å². The molecule has 0 fully saturated rings. The van der Waals surface area contributed by atoms with Crippen LogP contribution in [0.15, 0.2) is 18.2 Å². The third-order valence-corrected chi connectivity index (χ3v) is 2.56. The van der Waals surface area contributed by atoms with Gasteiger partial charge in [0, 0.05) is 24.2 Å². The summed E-state index contributed by atoms with van der Waals surface area (Å²) in [6.07, 6.45) is 0.957. The number of carbonyl (C=O) groups excluding carboxylic acids is 1. The van der Waals surface area contributed by atoms with Crippen molar-refractivity contribution in [2.45, 2.75) is 32.7 Å². The molecule has 1 rings (SSSR count). The smallest absolute Gasteiger partial charge is 0.306 e. The number of hydrogen-bond donors (Lipinski definition) is 2. The average molecular weight is 283 g/mol. The topological polar surface area (TPSA) is 84.3 Å². The Hall–Kier alpha value is -2.02. The molecule has 0 heterocycles. The second-order valence-corrected chi connectivity index (χ2v) is 4.68. The zero-order valence-electron chi connectivity index (χ0n) is 11.5. The van der Waals surface area contributed by atoms with Crippen molar-refractivity contribution in [1.82, 2.24) is 5.32 Å². The molecule has 0 spiro atoms. The molecule has 7 heteroatoms. The highest BCUT2D eigenvalue weighted by atomic mass is 19.1. The minimum Gasteiger partial charge on any atom is -0.326 e. The number of nitro groups is 1. The summed E-state index contributed by atoms with van der Waals surface area (Å²) < 4.78 is 13.1. The number of carbonyl (C=O) groups is 1. The van der Waals surface area contributed by atoms with Crippen LogP contribution < -0.4 is 10.6 Å². The third kappa shape index (κ3) is 5.31. The zero-order chi connectivity index (χ0) is 15.1. The molecule has 110 valence electrons. The van der Waals surface area contributed by atoms with E-state index in [0.717, 1.165) is 12.1 Å². The van der Waals surface area contributed by atoms with Crippen molar-refractivity contribution in [2.24, 2.45) is 0 Å². The van der Waals surface area contributed by atoms with Crippen molar-refractivity contribution < 1.29 is 14.1 Å². The van der Waals surface area contributed by atoms with Gasteiger partial charge in [0.25, 0.3) is 0 Å². The molecule has 2 N–H and O–H groups in total. The van der Waals surface area contributed by atoms with Crippen LogP contribution in [0.2, 0.25) is 0 Å². The molecule has 0 aromatic heterocycles. The number of halogens is 1. The van der Waals surface area contributed by atoms with Gasteiger partial charge in [0.05, 0.1) is 4.92 Å². The summed E-state index contributed by atoms with van der Waals surface area (Å²) in [7, 11) is 0.